The zero-order valence-electron chi connectivity index (χ0n) is 18.2. The maximum atomic E-state index is 11.2. The topological polar surface area (TPSA) is 65.0 Å². The minimum atomic E-state index is -0.426. The van der Waals surface area contributed by atoms with Crippen molar-refractivity contribution in [3.63, 3.8) is 0 Å². The van der Waals surface area contributed by atoms with Crippen molar-refractivity contribution in [1.82, 2.24) is 0 Å². The number of rotatable bonds is 13. The van der Waals surface area contributed by atoms with Gasteiger partial charge in [0.1, 0.15) is 0 Å². The standard InChI is InChI=1S/C23H40O5S/c1-3-4-9-13-23(27-15-16-28-23)14-12-19-18(20(24)17-21(19)29)10-7-5-6-8-11-22(25)26-2/h5,7,18-21,24,29H,3-4,6,8-17H2,1-2H3/t18-,19-,20+,21?/m1/s1. The summed E-state index contributed by atoms with van der Waals surface area (Å²) in [7, 11) is 1.42. The van der Waals surface area contributed by atoms with E-state index in [1.54, 1.807) is 0 Å². The molecule has 29 heavy (non-hydrogen) atoms. The summed E-state index contributed by atoms with van der Waals surface area (Å²) < 4.78 is 16.7. The zero-order valence-corrected chi connectivity index (χ0v) is 19.1. The molecule has 4 atom stereocenters. The molecule has 0 spiro atoms. The van der Waals surface area contributed by atoms with E-state index in [2.05, 4.69) is 23.8 Å². The lowest BCUT2D eigenvalue weighted by Crippen LogP contribution is -2.32. The molecule has 0 aromatic carbocycles. The first-order chi connectivity index (χ1) is 14.0. The molecule has 6 heteroatoms. The normalized spacial score (nSPS) is 29.0. The van der Waals surface area contributed by atoms with Gasteiger partial charge in [0.2, 0.25) is 0 Å². The third-order valence-electron chi connectivity index (χ3n) is 6.41. The van der Waals surface area contributed by atoms with Crippen LogP contribution in [-0.2, 0) is 19.0 Å². The average Bonchev–Trinajstić information content (AvgIpc) is 3.27. The molecule has 0 bridgehead atoms. The number of unbranched alkanes of at least 4 members (excludes halogenated alkanes) is 3. The number of hydrogen-bond acceptors (Lipinski definition) is 6. The van der Waals surface area contributed by atoms with Crippen LogP contribution in [-0.4, -0.2) is 48.5 Å². The molecule has 1 saturated heterocycles. The van der Waals surface area contributed by atoms with E-state index in [-0.39, 0.29) is 23.2 Å². The van der Waals surface area contributed by atoms with Gasteiger partial charge in [-0.3, -0.25) is 4.79 Å². The summed E-state index contributed by atoms with van der Waals surface area (Å²) in [6.07, 6.45) is 14.0. The number of aliphatic hydroxyl groups excluding tert-OH is 1. The first-order valence-electron chi connectivity index (χ1n) is 11.4. The molecule has 0 aromatic rings. The van der Waals surface area contributed by atoms with Crippen molar-refractivity contribution >= 4 is 18.6 Å². The number of aliphatic hydroxyl groups is 1. The number of carbonyl (C=O) groups excluding carboxylic acids is 1. The molecular formula is C23H40O5S. The molecule has 1 saturated carbocycles. The highest BCUT2D eigenvalue weighted by molar-refractivity contribution is 7.81. The van der Waals surface area contributed by atoms with Crippen molar-refractivity contribution in [2.45, 2.75) is 94.7 Å². The van der Waals surface area contributed by atoms with Gasteiger partial charge in [-0.1, -0.05) is 31.9 Å². The van der Waals surface area contributed by atoms with E-state index in [1.807, 2.05) is 0 Å². The van der Waals surface area contributed by atoms with Gasteiger partial charge in [-0.2, -0.15) is 12.6 Å². The fraction of sp³-hybridized carbons (Fsp3) is 0.870. The van der Waals surface area contributed by atoms with Crippen LogP contribution in [0.2, 0.25) is 0 Å². The predicted molar refractivity (Wildman–Crippen MR) is 118 cm³/mol. The van der Waals surface area contributed by atoms with Gasteiger partial charge in [0.05, 0.1) is 26.4 Å². The summed E-state index contributed by atoms with van der Waals surface area (Å²) in [5.41, 5.74) is 0. The summed E-state index contributed by atoms with van der Waals surface area (Å²) in [4.78, 5) is 11.2. The number of carbonyl (C=O) groups is 1. The Hall–Kier alpha value is -0.560. The minimum absolute atomic E-state index is 0.160. The van der Waals surface area contributed by atoms with E-state index >= 15 is 0 Å². The molecule has 168 valence electrons. The average molecular weight is 429 g/mol. The highest BCUT2D eigenvalue weighted by Gasteiger charge is 2.43. The third-order valence-corrected chi connectivity index (χ3v) is 7.00. The summed E-state index contributed by atoms with van der Waals surface area (Å²) in [5, 5.41) is 10.8. The van der Waals surface area contributed by atoms with Crippen molar-refractivity contribution in [2.75, 3.05) is 20.3 Å². The van der Waals surface area contributed by atoms with Crippen LogP contribution >= 0.6 is 12.6 Å². The number of ether oxygens (including phenoxy) is 3. The Kier molecular flexibility index (Phi) is 11.1. The SMILES string of the molecule is CCCCCC1(CC[C@H]2C(S)C[C@H](O)[C@@H]2CC=CCCCC(=O)OC)OCCO1. The van der Waals surface area contributed by atoms with Crippen LogP contribution in [0.5, 0.6) is 0 Å². The molecule has 0 aromatic heterocycles. The highest BCUT2D eigenvalue weighted by Crippen LogP contribution is 2.43. The summed E-state index contributed by atoms with van der Waals surface area (Å²) in [5.74, 6) is 0.00368. The van der Waals surface area contributed by atoms with E-state index < -0.39 is 5.79 Å². The Balaban J connectivity index is 1.82. The minimum Gasteiger partial charge on any atom is -0.469 e. The molecule has 1 unspecified atom stereocenters. The Bertz CT molecular complexity index is 503. The quantitative estimate of drug-likeness (QED) is 0.193. The Labute approximate surface area is 182 Å². The highest BCUT2D eigenvalue weighted by atomic mass is 32.1. The molecule has 2 rings (SSSR count). The van der Waals surface area contributed by atoms with E-state index in [1.165, 1.54) is 20.0 Å². The van der Waals surface area contributed by atoms with Crippen LogP contribution < -0.4 is 0 Å². The van der Waals surface area contributed by atoms with Crippen LogP contribution in [0.3, 0.4) is 0 Å². The number of thiol groups is 1. The predicted octanol–water partition coefficient (Wildman–Crippen LogP) is 4.68. The number of methoxy groups -OCH3 is 1. The fourth-order valence-electron chi connectivity index (χ4n) is 4.69. The molecule has 1 aliphatic heterocycles. The van der Waals surface area contributed by atoms with Crippen molar-refractivity contribution < 1.29 is 24.1 Å². The molecule has 1 N–H and O–H groups in total. The van der Waals surface area contributed by atoms with Crippen LogP contribution in [0.4, 0.5) is 0 Å². The Morgan fingerprint density at radius 1 is 1.17 bits per heavy atom. The van der Waals surface area contributed by atoms with Gasteiger partial charge in [-0.05, 0) is 50.4 Å². The van der Waals surface area contributed by atoms with E-state index in [9.17, 15) is 9.90 Å². The van der Waals surface area contributed by atoms with Gasteiger partial charge >= 0.3 is 5.97 Å². The molecule has 1 aliphatic carbocycles. The molecule has 5 nitrogen and oxygen atoms in total. The first-order valence-corrected chi connectivity index (χ1v) is 11.9. The summed E-state index contributed by atoms with van der Waals surface area (Å²) in [6, 6.07) is 0. The summed E-state index contributed by atoms with van der Waals surface area (Å²) >= 11 is 4.79. The van der Waals surface area contributed by atoms with E-state index in [0.717, 1.165) is 51.4 Å². The van der Waals surface area contributed by atoms with Gasteiger partial charge in [-0.25, -0.2) is 0 Å². The molecule has 2 aliphatic rings. The number of allylic oxidation sites excluding steroid dienone is 2. The lowest BCUT2D eigenvalue weighted by molar-refractivity contribution is -0.170. The first kappa shape index (κ1) is 24.7. The maximum absolute atomic E-state index is 11.2. The van der Waals surface area contributed by atoms with Gasteiger partial charge in [0.25, 0.3) is 0 Å². The second-order valence-corrected chi connectivity index (χ2v) is 9.14. The van der Waals surface area contributed by atoms with Gasteiger partial charge in [0.15, 0.2) is 5.79 Å². The van der Waals surface area contributed by atoms with Gasteiger partial charge < -0.3 is 19.3 Å². The second kappa shape index (κ2) is 13.0. The second-order valence-electron chi connectivity index (χ2n) is 8.48. The lowest BCUT2D eigenvalue weighted by atomic mass is 9.85. The van der Waals surface area contributed by atoms with Gasteiger partial charge in [0, 0.05) is 24.5 Å². The smallest absolute Gasteiger partial charge is 0.305 e. The molecular weight excluding hydrogens is 388 g/mol. The molecule has 1 heterocycles. The van der Waals surface area contributed by atoms with Crippen molar-refractivity contribution in [2.24, 2.45) is 11.8 Å². The Morgan fingerprint density at radius 3 is 2.62 bits per heavy atom. The van der Waals surface area contributed by atoms with E-state index in [4.69, 9.17) is 22.1 Å². The molecule has 0 radical (unpaired) electrons. The molecule has 0 amide bonds. The van der Waals surface area contributed by atoms with Crippen LogP contribution in [0.1, 0.15) is 77.6 Å². The Morgan fingerprint density at radius 2 is 1.93 bits per heavy atom. The van der Waals surface area contributed by atoms with Crippen molar-refractivity contribution in [3.8, 4) is 0 Å². The summed E-state index contributed by atoms with van der Waals surface area (Å²) in [6.45, 7) is 3.57. The van der Waals surface area contributed by atoms with Crippen molar-refractivity contribution in [1.29, 1.82) is 0 Å². The fourth-order valence-corrected chi connectivity index (χ4v) is 5.27. The largest absolute Gasteiger partial charge is 0.469 e. The monoisotopic (exact) mass is 428 g/mol. The zero-order chi connectivity index (χ0) is 21.1. The number of esters is 1. The van der Waals surface area contributed by atoms with E-state index in [0.29, 0.717) is 25.6 Å². The van der Waals surface area contributed by atoms with Crippen LogP contribution in [0.15, 0.2) is 12.2 Å². The lowest BCUT2D eigenvalue weighted by Gasteiger charge is -2.31. The van der Waals surface area contributed by atoms with Crippen LogP contribution in [0.25, 0.3) is 0 Å². The van der Waals surface area contributed by atoms with Gasteiger partial charge in [-0.15, -0.1) is 0 Å². The van der Waals surface area contributed by atoms with Crippen molar-refractivity contribution in [3.05, 3.63) is 12.2 Å². The number of hydrogen-bond donors (Lipinski definition) is 2. The molecule has 2 fully saturated rings. The van der Waals surface area contributed by atoms with Crippen LogP contribution in [0, 0.1) is 11.8 Å². The third kappa shape index (κ3) is 7.89. The maximum Gasteiger partial charge on any atom is 0.305 e.